The Bertz CT molecular complexity index is 279. The van der Waals surface area contributed by atoms with Crippen LogP contribution in [-0.2, 0) is 19.1 Å². The quantitative estimate of drug-likeness (QED) is 0.367. The third kappa shape index (κ3) is 7.65. The number of carbonyl (C=O) groups excluding carboxylic acids is 2. The Hall–Kier alpha value is -1.32. The first-order valence-electron chi connectivity index (χ1n) is 7.06. The van der Waals surface area contributed by atoms with E-state index >= 15 is 0 Å². The zero-order valence-corrected chi connectivity index (χ0v) is 12.5. The number of hydrogen-bond acceptors (Lipinski definition) is 4. The Balaban J connectivity index is 4.49. The van der Waals surface area contributed by atoms with Crippen molar-refractivity contribution >= 4 is 11.9 Å². The Morgan fingerprint density at radius 1 is 1.05 bits per heavy atom. The molecule has 1 unspecified atom stereocenters. The third-order valence-electron chi connectivity index (χ3n) is 2.72. The van der Waals surface area contributed by atoms with Crippen molar-refractivity contribution in [1.82, 2.24) is 0 Å². The van der Waals surface area contributed by atoms with E-state index in [1.807, 2.05) is 12.2 Å². The van der Waals surface area contributed by atoms with Crippen molar-refractivity contribution in [3.8, 4) is 0 Å². The van der Waals surface area contributed by atoms with E-state index < -0.39 is 17.9 Å². The zero-order valence-electron chi connectivity index (χ0n) is 12.5. The first-order valence-corrected chi connectivity index (χ1v) is 7.06. The van der Waals surface area contributed by atoms with E-state index in [1.54, 1.807) is 13.8 Å². The van der Waals surface area contributed by atoms with Crippen molar-refractivity contribution in [1.29, 1.82) is 0 Å². The highest BCUT2D eigenvalue weighted by molar-refractivity contribution is 5.95. The maximum atomic E-state index is 11.7. The van der Waals surface area contributed by atoms with E-state index in [2.05, 4.69) is 13.8 Å². The lowest BCUT2D eigenvalue weighted by atomic mass is 10.0. The molecule has 0 heterocycles. The Labute approximate surface area is 116 Å². The number of carbonyl (C=O) groups is 2. The molecule has 0 saturated heterocycles. The molecule has 0 aliphatic heterocycles. The summed E-state index contributed by atoms with van der Waals surface area (Å²) in [5.41, 5.74) is 0. The lowest BCUT2D eigenvalue weighted by molar-refractivity contribution is -0.161. The molecular weight excluding hydrogens is 244 g/mol. The predicted molar refractivity (Wildman–Crippen MR) is 74.6 cm³/mol. The lowest BCUT2D eigenvalue weighted by Gasteiger charge is -2.12. The molecule has 4 nitrogen and oxygen atoms in total. The van der Waals surface area contributed by atoms with Gasteiger partial charge in [0.1, 0.15) is 0 Å². The molecule has 0 N–H and O–H groups in total. The van der Waals surface area contributed by atoms with Gasteiger partial charge >= 0.3 is 11.9 Å². The molecule has 0 aliphatic carbocycles. The molecule has 19 heavy (non-hydrogen) atoms. The molecule has 110 valence electrons. The van der Waals surface area contributed by atoms with Crippen molar-refractivity contribution in [2.45, 2.75) is 47.0 Å². The maximum absolute atomic E-state index is 11.7. The molecule has 0 aromatic rings. The first-order chi connectivity index (χ1) is 9.06. The predicted octanol–water partition coefficient (Wildman–Crippen LogP) is 3.11. The minimum Gasteiger partial charge on any atom is -0.465 e. The van der Waals surface area contributed by atoms with Gasteiger partial charge in [-0.2, -0.15) is 0 Å². The van der Waals surface area contributed by atoms with Gasteiger partial charge in [0.2, 0.25) is 0 Å². The van der Waals surface area contributed by atoms with Crippen molar-refractivity contribution in [2.24, 2.45) is 11.8 Å². The van der Waals surface area contributed by atoms with Gasteiger partial charge in [-0.15, -0.1) is 0 Å². The van der Waals surface area contributed by atoms with Gasteiger partial charge in [0.05, 0.1) is 13.2 Å². The third-order valence-corrected chi connectivity index (χ3v) is 2.72. The van der Waals surface area contributed by atoms with Crippen LogP contribution in [0.3, 0.4) is 0 Å². The van der Waals surface area contributed by atoms with Gasteiger partial charge in [0.15, 0.2) is 5.92 Å². The summed E-state index contributed by atoms with van der Waals surface area (Å²) in [5, 5.41) is 0. The average Bonchev–Trinajstić information content (AvgIpc) is 2.35. The molecule has 0 amide bonds. The van der Waals surface area contributed by atoms with Crippen molar-refractivity contribution in [3.63, 3.8) is 0 Å². The largest absolute Gasteiger partial charge is 0.465 e. The minimum absolute atomic E-state index is 0.269. The molecule has 0 radical (unpaired) electrons. The van der Waals surface area contributed by atoms with Crippen LogP contribution >= 0.6 is 0 Å². The SMILES string of the molecule is CCCC(C)C=CCC(C(=O)OCC)C(=O)OCC. The summed E-state index contributed by atoms with van der Waals surface area (Å²) >= 11 is 0. The molecule has 4 heteroatoms. The van der Waals surface area contributed by atoms with E-state index in [0.29, 0.717) is 12.3 Å². The lowest BCUT2D eigenvalue weighted by Crippen LogP contribution is -2.27. The van der Waals surface area contributed by atoms with Gasteiger partial charge in [-0.25, -0.2) is 0 Å². The van der Waals surface area contributed by atoms with Gasteiger partial charge in [-0.3, -0.25) is 9.59 Å². The van der Waals surface area contributed by atoms with Gasteiger partial charge in [0.25, 0.3) is 0 Å². The molecule has 0 aromatic carbocycles. The van der Waals surface area contributed by atoms with Crippen molar-refractivity contribution in [2.75, 3.05) is 13.2 Å². The van der Waals surface area contributed by atoms with E-state index in [-0.39, 0.29) is 13.2 Å². The van der Waals surface area contributed by atoms with E-state index in [4.69, 9.17) is 9.47 Å². The molecule has 0 bridgehead atoms. The van der Waals surface area contributed by atoms with Crippen LogP contribution in [0.5, 0.6) is 0 Å². The number of hydrogen-bond donors (Lipinski definition) is 0. The highest BCUT2D eigenvalue weighted by atomic mass is 16.6. The Kier molecular flexibility index (Phi) is 9.85. The van der Waals surface area contributed by atoms with Crippen molar-refractivity contribution < 1.29 is 19.1 Å². The fraction of sp³-hybridized carbons (Fsp3) is 0.733. The second kappa shape index (κ2) is 10.6. The molecule has 0 aromatic heterocycles. The van der Waals surface area contributed by atoms with E-state index in [1.165, 1.54) is 0 Å². The highest BCUT2D eigenvalue weighted by Gasteiger charge is 2.28. The Morgan fingerprint density at radius 2 is 1.58 bits per heavy atom. The van der Waals surface area contributed by atoms with Crippen LogP contribution < -0.4 is 0 Å². The summed E-state index contributed by atoms with van der Waals surface area (Å²) in [6.45, 7) is 8.22. The fourth-order valence-corrected chi connectivity index (χ4v) is 1.77. The molecular formula is C15H26O4. The zero-order chi connectivity index (χ0) is 14.7. The number of allylic oxidation sites excluding steroid dienone is 2. The fourth-order valence-electron chi connectivity index (χ4n) is 1.77. The molecule has 0 aliphatic rings. The van der Waals surface area contributed by atoms with Gasteiger partial charge in [0, 0.05) is 0 Å². The maximum Gasteiger partial charge on any atom is 0.320 e. The highest BCUT2D eigenvalue weighted by Crippen LogP contribution is 2.13. The van der Waals surface area contributed by atoms with Gasteiger partial charge in [-0.05, 0) is 32.6 Å². The summed E-state index contributed by atoms with van der Waals surface area (Å²) in [6.07, 6.45) is 6.46. The number of rotatable bonds is 9. The summed E-state index contributed by atoms with van der Waals surface area (Å²) in [6, 6.07) is 0. The average molecular weight is 270 g/mol. The van der Waals surface area contributed by atoms with Gasteiger partial charge in [-0.1, -0.05) is 32.4 Å². The molecule has 0 saturated carbocycles. The summed E-state index contributed by atoms with van der Waals surface area (Å²) in [7, 11) is 0. The second-order valence-electron chi connectivity index (χ2n) is 4.49. The molecule has 1 atom stereocenters. The normalized spacial score (nSPS) is 12.7. The summed E-state index contributed by atoms with van der Waals surface area (Å²) < 4.78 is 9.81. The first kappa shape index (κ1) is 17.7. The van der Waals surface area contributed by atoms with E-state index in [9.17, 15) is 9.59 Å². The standard InChI is InChI=1S/C15H26O4/c1-5-9-12(4)10-8-11-13(14(16)18-6-2)15(17)19-7-3/h8,10,12-13H,5-7,9,11H2,1-4H3. The summed E-state index contributed by atoms with van der Waals surface area (Å²) in [5.74, 6) is -1.40. The smallest absolute Gasteiger partial charge is 0.320 e. The Morgan fingerprint density at radius 3 is 2.00 bits per heavy atom. The van der Waals surface area contributed by atoms with Crippen LogP contribution in [0.2, 0.25) is 0 Å². The second-order valence-corrected chi connectivity index (χ2v) is 4.49. The van der Waals surface area contributed by atoms with Crippen LogP contribution in [-0.4, -0.2) is 25.2 Å². The number of ether oxygens (including phenoxy) is 2. The monoisotopic (exact) mass is 270 g/mol. The minimum atomic E-state index is -0.843. The van der Waals surface area contributed by atoms with Crippen LogP contribution in [0, 0.1) is 11.8 Å². The molecule has 0 rings (SSSR count). The van der Waals surface area contributed by atoms with Crippen molar-refractivity contribution in [3.05, 3.63) is 12.2 Å². The van der Waals surface area contributed by atoms with Gasteiger partial charge < -0.3 is 9.47 Å². The molecule has 0 spiro atoms. The summed E-state index contributed by atoms with van der Waals surface area (Å²) in [4.78, 5) is 23.4. The van der Waals surface area contributed by atoms with Crippen LogP contribution in [0.15, 0.2) is 12.2 Å². The molecule has 0 fully saturated rings. The topological polar surface area (TPSA) is 52.6 Å². The van der Waals surface area contributed by atoms with Crippen LogP contribution in [0.1, 0.15) is 47.0 Å². The van der Waals surface area contributed by atoms with Crippen LogP contribution in [0.4, 0.5) is 0 Å². The van der Waals surface area contributed by atoms with Crippen LogP contribution in [0.25, 0.3) is 0 Å². The number of esters is 2. The van der Waals surface area contributed by atoms with E-state index in [0.717, 1.165) is 12.8 Å².